The Morgan fingerprint density at radius 3 is 2.00 bits per heavy atom. The third kappa shape index (κ3) is 3.53. The van der Waals surface area contributed by atoms with Gasteiger partial charge in [-0.15, -0.1) is 0 Å². The van der Waals surface area contributed by atoms with Crippen LogP contribution in [0.5, 0.6) is 0 Å². The van der Waals surface area contributed by atoms with Crippen LogP contribution >= 0.6 is 11.6 Å². The van der Waals surface area contributed by atoms with Crippen molar-refractivity contribution in [2.45, 2.75) is 25.0 Å². The van der Waals surface area contributed by atoms with Gasteiger partial charge in [-0.25, -0.2) is 0 Å². The second kappa shape index (κ2) is 6.02. The van der Waals surface area contributed by atoms with E-state index < -0.39 is 11.2 Å². The molecule has 0 aliphatic rings. The summed E-state index contributed by atoms with van der Waals surface area (Å²) < 4.78 is 0. The minimum Gasteiger partial charge on any atom is -0.387 e. The molecule has 0 aliphatic heterocycles. The molecule has 2 rings (SSSR count). The van der Waals surface area contributed by atoms with Crippen LogP contribution in [0.3, 0.4) is 0 Å². The second-order valence-corrected chi connectivity index (χ2v) is 6.01. The average Bonchev–Trinajstić information content (AvgIpc) is 2.46. The Morgan fingerprint density at radius 1 is 0.905 bits per heavy atom. The molecule has 2 nitrogen and oxygen atoms in total. The highest BCUT2D eigenvalue weighted by molar-refractivity contribution is 6.30. The van der Waals surface area contributed by atoms with E-state index in [1.165, 1.54) is 0 Å². The molecule has 0 amide bonds. The molecule has 0 saturated carbocycles. The molecule has 1 unspecified atom stereocenters. The maximum atomic E-state index is 11.0. The second-order valence-electron chi connectivity index (χ2n) is 5.58. The Hall–Kier alpha value is -1.61. The maximum absolute atomic E-state index is 11.0. The van der Waals surface area contributed by atoms with Crippen LogP contribution in [0, 0.1) is 0 Å². The lowest BCUT2D eigenvalue weighted by molar-refractivity contribution is -0.104. The van der Waals surface area contributed by atoms with Crippen LogP contribution in [-0.4, -0.2) is 15.8 Å². The molecule has 0 fully saturated rings. The highest BCUT2D eigenvalue weighted by atomic mass is 35.5. The monoisotopic (exact) mass is 302 g/mol. The maximum Gasteiger partial charge on any atom is 0.136 e. The van der Waals surface area contributed by atoms with Crippen LogP contribution in [0.1, 0.15) is 25.0 Å². The minimum atomic E-state index is -1.48. The van der Waals surface area contributed by atoms with Crippen molar-refractivity contribution in [3.05, 3.63) is 76.8 Å². The zero-order valence-corrected chi connectivity index (χ0v) is 12.9. The number of aliphatic hydroxyl groups is 2. The van der Waals surface area contributed by atoms with E-state index >= 15 is 0 Å². The van der Waals surface area contributed by atoms with E-state index in [2.05, 4.69) is 0 Å². The van der Waals surface area contributed by atoms with Crippen LogP contribution < -0.4 is 0 Å². The smallest absolute Gasteiger partial charge is 0.136 e. The molecule has 1 atom stereocenters. The predicted molar refractivity (Wildman–Crippen MR) is 87.1 cm³/mol. The van der Waals surface area contributed by atoms with E-state index in [0.717, 1.165) is 5.56 Å². The van der Waals surface area contributed by atoms with Crippen molar-refractivity contribution in [1.82, 2.24) is 0 Å². The molecular formula is C18H19ClO2. The van der Waals surface area contributed by atoms with Gasteiger partial charge in [-0.2, -0.15) is 0 Å². The first kappa shape index (κ1) is 15.8. The molecule has 0 spiro atoms. The molecule has 110 valence electrons. The van der Waals surface area contributed by atoms with E-state index in [1.807, 2.05) is 30.3 Å². The molecule has 3 heteroatoms. The third-order valence-corrected chi connectivity index (χ3v) is 3.79. The molecule has 0 saturated heterocycles. The van der Waals surface area contributed by atoms with Crippen LogP contribution in [0.15, 0.2) is 60.7 Å². The van der Waals surface area contributed by atoms with Crippen LogP contribution in [-0.2, 0) is 5.60 Å². The average molecular weight is 303 g/mol. The van der Waals surface area contributed by atoms with Gasteiger partial charge in [0.15, 0.2) is 0 Å². The minimum absolute atomic E-state index is 0.641. The van der Waals surface area contributed by atoms with Gasteiger partial charge in [0.1, 0.15) is 5.60 Å². The summed E-state index contributed by atoms with van der Waals surface area (Å²) in [6, 6.07) is 16.4. The highest BCUT2D eigenvalue weighted by Crippen LogP contribution is 2.34. The molecular weight excluding hydrogens is 284 g/mol. The zero-order chi connectivity index (χ0) is 15.5. The lowest BCUT2D eigenvalue weighted by Gasteiger charge is -2.37. The Bertz CT molecular complexity index is 612. The van der Waals surface area contributed by atoms with Gasteiger partial charge >= 0.3 is 0 Å². The van der Waals surface area contributed by atoms with Gasteiger partial charge in [0.05, 0.1) is 5.60 Å². The van der Waals surface area contributed by atoms with Gasteiger partial charge in [0, 0.05) is 5.02 Å². The molecule has 2 aromatic carbocycles. The van der Waals surface area contributed by atoms with Crippen molar-refractivity contribution >= 4 is 17.7 Å². The van der Waals surface area contributed by atoms with Gasteiger partial charge in [-0.05, 0) is 43.2 Å². The fourth-order valence-corrected chi connectivity index (χ4v) is 2.26. The number of halogens is 1. The summed E-state index contributed by atoms with van der Waals surface area (Å²) in [6.45, 7) is 3.18. The van der Waals surface area contributed by atoms with Crippen molar-refractivity contribution < 1.29 is 10.2 Å². The molecule has 21 heavy (non-hydrogen) atoms. The van der Waals surface area contributed by atoms with Gasteiger partial charge in [-0.1, -0.05) is 60.1 Å². The number of hydrogen-bond donors (Lipinski definition) is 2. The zero-order valence-electron chi connectivity index (χ0n) is 12.1. The van der Waals surface area contributed by atoms with Gasteiger partial charge in [0.25, 0.3) is 0 Å². The number of benzene rings is 2. The lowest BCUT2D eigenvalue weighted by atomic mass is 9.79. The van der Waals surface area contributed by atoms with Gasteiger partial charge in [-0.3, -0.25) is 0 Å². The molecule has 2 N–H and O–H groups in total. The lowest BCUT2D eigenvalue weighted by Crippen LogP contribution is -2.45. The quantitative estimate of drug-likeness (QED) is 0.896. The van der Waals surface area contributed by atoms with Crippen molar-refractivity contribution in [3.8, 4) is 0 Å². The van der Waals surface area contributed by atoms with E-state index in [0.29, 0.717) is 10.6 Å². The summed E-state index contributed by atoms with van der Waals surface area (Å²) in [4.78, 5) is 0. The van der Waals surface area contributed by atoms with E-state index in [4.69, 9.17) is 11.6 Å². The predicted octanol–water partition coefficient (Wildman–Crippen LogP) is 4.01. The van der Waals surface area contributed by atoms with Crippen LogP contribution in [0.2, 0.25) is 5.02 Å². The SMILES string of the molecule is CC(C)(O)C(O)(/C=C/c1ccc(Cl)cc1)c1ccccc1. The Morgan fingerprint density at radius 2 is 1.48 bits per heavy atom. The van der Waals surface area contributed by atoms with Gasteiger partial charge < -0.3 is 10.2 Å². The fourth-order valence-electron chi connectivity index (χ4n) is 2.14. The van der Waals surface area contributed by atoms with E-state index in [-0.39, 0.29) is 0 Å². The number of hydrogen-bond acceptors (Lipinski definition) is 2. The van der Waals surface area contributed by atoms with E-state index in [9.17, 15) is 10.2 Å². The number of rotatable bonds is 4. The third-order valence-electron chi connectivity index (χ3n) is 3.53. The molecule has 0 radical (unpaired) electrons. The Labute approximate surface area is 130 Å². The van der Waals surface area contributed by atoms with Crippen LogP contribution in [0.25, 0.3) is 6.08 Å². The first-order valence-corrected chi connectivity index (χ1v) is 7.16. The standard InChI is InChI=1S/C18H19ClO2/c1-17(2,20)18(21,15-6-4-3-5-7-15)13-12-14-8-10-16(19)11-9-14/h3-13,20-21H,1-2H3/b13-12+. The first-order chi connectivity index (χ1) is 9.83. The Balaban J connectivity index is 2.40. The molecule has 0 aromatic heterocycles. The Kier molecular flexibility index (Phi) is 4.52. The highest BCUT2D eigenvalue weighted by Gasteiger charge is 2.41. The normalized spacial score (nSPS) is 15.1. The van der Waals surface area contributed by atoms with E-state index in [1.54, 1.807) is 50.3 Å². The molecule has 0 bridgehead atoms. The first-order valence-electron chi connectivity index (χ1n) is 6.78. The van der Waals surface area contributed by atoms with Crippen molar-refractivity contribution in [2.75, 3.05) is 0 Å². The summed E-state index contributed by atoms with van der Waals surface area (Å²) in [5.74, 6) is 0. The topological polar surface area (TPSA) is 40.5 Å². The van der Waals surface area contributed by atoms with Crippen molar-refractivity contribution in [3.63, 3.8) is 0 Å². The van der Waals surface area contributed by atoms with Gasteiger partial charge in [0.2, 0.25) is 0 Å². The summed E-state index contributed by atoms with van der Waals surface area (Å²) in [5, 5.41) is 22.0. The molecule has 0 heterocycles. The summed E-state index contributed by atoms with van der Waals surface area (Å²) in [5.41, 5.74) is -1.26. The largest absolute Gasteiger partial charge is 0.387 e. The fraction of sp³-hybridized carbons (Fsp3) is 0.222. The summed E-state index contributed by atoms with van der Waals surface area (Å²) in [7, 11) is 0. The van der Waals surface area contributed by atoms with Crippen molar-refractivity contribution in [1.29, 1.82) is 0 Å². The van der Waals surface area contributed by atoms with Crippen LogP contribution in [0.4, 0.5) is 0 Å². The van der Waals surface area contributed by atoms with Crippen molar-refractivity contribution in [2.24, 2.45) is 0 Å². The molecule has 2 aromatic rings. The summed E-state index contributed by atoms with van der Waals surface area (Å²) in [6.07, 6.45) is 3.40. The molecule has 0 aliphatic carbocycles. The summed E-state index contributed by atoms with van der Waals surface area (Å²) >= 11 is 5.86.